The predicted molar refractivity (Wildman–Crippen MR) is 231 cm³/mol. The van der Waals surface area contributed by atoms with Gasteiger partial charge in [-0.3, -0.25) is 4.98 Å². The van der Waals surface area contributed by atoms with Gasteiger partial charge in [0.25, 0.3) is 0 Å². The minimum absolute atomic E-state index is 0.525. The number of rotatable bonds is 8. The van der Waals surface area contributed by atoms with Crippen molar-refractivity contribution in [2.24, 2.45) is 11.8 Å². The smallest absolute Gasteiger partial charge is 0.423 e. The Hall–Kier alpha value is -3.68. The average Bonchev–Trinajstić information content (AvgIpc) is 3.05. The molecule has 0 saturated carbocycles. The van der Waals surface area contributed by atoms with E-state index in [0.717, 1.165) is 23.1 Å². The molecule has 0 amide bonds. The molecule has 0 aliphatic heterocycles. The number of hydrogen-bond acceptors (Lipinski definition) is 4. The molecule has 0 radical (unpaired) electrons. The molecule has 0 aliphatic carbocycles. The van der Waals surface area contributed by atoms with Crippen LogP contribution in [0.1, 0.15) is 45.7 Å². The molecule has 268 valence electrons. The van der Waals surface area contributed by atoms with Crippen LogP contribution in [0.2, 0.25) is 39.3 Å². The maximum absolute atomic E-state index is 8.58. The second-order valence-corrected chi connectivity index (χ2v) is 25.9. The van der Waals surface area contributed by atoms with Gasteiger partial charge in [0, 0.05) is 18.0 Å². The Morgan fingerprint density at radius 1 is 0.706 bits per heavy atom. The zero-order valence-corrected chi connectivity index (χ0v) is 36.1. The molecule has 0 unspecified atom stereocenters. The molecule has 8 heteroatoms. The van der Waals surface area contributed by atoms with E-state index in [1.807, 2.05) is 6.07 Å². The van der Waals surface area contributed by atoms with Crippen molar-refractivity contribution in [1.29, 1.82) is 0 Å². The van der Waals surface area contributed by atoms with Crippen LogP contribution in [0, 0.1) is 47.9 Å². The normalized spacial score (nSPS) is 10.3. The van der Waals surface area contributed by atoms with Crippen LogP contribution in [0.25, 0.3) is 11.3 Å². The fourth-order valence-corrected chi connectivity index (χ4v) is 8.61. The molecule has 0 aliphatic rings. The van der Waals surface area contributed by atoms with Crippen LogP contribution >= 0.6 is 15.9 Å². The van der Waals surface area contributed by atoms with Crippen LogP contribution in [-0.2, 0) is 12.8 Å². The molecule has 2 heterocycles. The van der Waals surface area contributed by atoms with E-state index in [1.54, 1.807) is 31.2 Å². The molecular formula is C43H56BBrN2O2Si2. The van der Waals surface area contributed by atoms with Crippen LogP contribution in [-0.4, -0.2) is 43.3 Å². The van der Waals surface area contributed by atoms with Crippen LogP contribution in [0.4, 0.5) is 0 Å². The molecular weight excluding hydrogens is 723 g/mol. The fraction of sp³-hybridized carbons (Fsp3) is 0.349. The molecule has 0 spiro atoms. The first kappa shape index (κ1) is 45.3. The Labute approximate surface area is 320 Å². The van der Waals surface area contributed by atoms with Gasteiger partial charge in [-0.05, 0) is 110 Å². The van der Waals surface area contributed by atoms with Crippen molar-refractivity contribution in [2.45, 2.75) is 86.7 Å². The van der Waals surface area contributed by atoms with Crippen molar-refractivity contribution >= 4 is 55.0 Å². The number of aromatic nitrogens is 2. The lowest BCUT2D eigenvalue weighted by Gasteiger charge is -2.22. The number of pyridine rings is 2. The lowest BCUT2D eigenvalue weighted by Crippen LogP contribution is -2.40. The molecule has 2 aromatic heterocycles. The van der Waals surface area contributed by atoms with Crippen LogP contribution in [0.3, 0.4) is 0 Å². The highest BCUT2D eigenvalue weighted by Gasteiger charge is 2.22. The first-order valence-corrected chi connectivity index (χ1v) is 25.2. The van der Waals surface area contributed by atoms with E-state index in [4.69, 9.17) is 21.5 Å². The van der Waals surface area contributed by atoms with Crippen LogP contribution < -0.4 is 15.8 Å². The van der Waals surface area contributed by atoms with Crippen LogP contribution in [0.5, 0.6) is 0 Å². The first-order valence-electron chi connectivity index (χ1n) is 17.4. The van der Waals surface area contributed by atoms with Gasteiger partial charge in [-0.1, -0.05) is 134 Å². The van der Waals surface area contributed by atoms with Crippen molar-refractivity contribution in [1.82, 2.24) is 9.97 Å². The van der Waals surface area contributed by atoms with E-state index in [0.29, 0.717) is 17.3 Å². The summed E-state index contributed by atoms with van der Waals surface area (Å²) in [5, 5.41) is 20.2. The molecule has 51 heavy (non-hydrogen) atoms. The van der Waals surface area contributed by atoms with Gasteiger partial charge >= 0.3 is 7.12 Å². The number of nitrogens with zero attached hydrogens (tertiary/aromatic N) is 2. The van der Waals surface area contributed by atoms with Gasteiger partial charge < -0.3 is 10.0 Å². The van der Waals surface area contributed by atoms with Crippen molar-refractivity contribution < 1.29 is 10.0 Å². The van der Waals surface area contributed by atoms with E-state index in [-0.39, 0.29) is 0 Å². The van der Waals surface area contributed by atoms with E-state index >= 15 is 0 Å². The van der Waals surface area contributed by atoms with Crippen molar-refractivity contribution in [3.05, 3.63) is 101 Å². The molecule has 0 atom stereocenters. The van der Waals surface area contributed by atoms with Gasteiger partial charge in [0.15, 0.2) is 0 Å². The van der Waals surface area contributed by atoms with Crippen molar-refractivity contribution in [2.75, 3.05) is 0 Å². The summed E-state index contributed by atoms with van der Waals surface area (Å²) in [6.07, 6.45) is 11.3. The summed E-state index contributed by atoms with van der Waals surface area (Å²) in [4.78, 5) is 9.08. The summed E-state index contributed by atoms with van der Waals surface area (Å²) < 4.78 is 0.958. The second-order valence-electron chi connectivity index (χ2n) is 15.0. The van der Waals surface area contributed by atoms with E-state index in [2.05, 4.69) is 172 Å². The highest BCUT2D eigenvalue weighted by molar-refractivity contribution is 9.10. The molecule has 4 rings (SSSR count). The van der Waals surface area contributed by atoms with Gasteiger partial charge in [0.05, 0.1) is 21.8 Å². The van der Waals surface area contributed by atoms with Gasteiger partial charge in [-0.25, -0.2) is 4.98 Å². The molecule has 0 fully saturated rings. The van der Waals surface area contributed by atoms with Gasteiger partial charge in [-0.2, -0.15) is 0 Å². The zero-order valence-electron chi connectivity index (χ0n) is 32.5. The number of terminal acetylenes is 1. The Bertz CT molecular complexity index is 1790. The zero-order chi connectivity index (χ0) is 38.6. The highest BCUT2D eigenvalue weighted by atomic mass is 79.9. The Balaban J connectivity index is 0.000000368. The van der Waals surface area contributed by atoms with Gasteiger partial charge in [0.1, 0.15) is 4.60 Å². The molecule has 0 saturated heterocycles. The van der Waals surface area contributed by atoms with Crippen LogP contribution in [0.15, 0.2) is 89.8 Å². The maximum Gasteiger partial charge on any atom is 0.488 e. The molecule has 2 N–H and O–H groups in total. The SMILES string of the molecule is C#CC#CC#CC.CC(C)Cc1cc(-c2ccccc2)ncc1[Si](C)(C)C.CC(C)Cc1cc(Br)ncc1[Si](C)(C)C.OB(O)c1ccccc1. The summed E-state index contributed by atoms with van der Waals surface area (Å²) in [5.74, 6) is 13.4. The lowest BCUT2D eigenvalue weighted by molar-refractivity contribution is 0.426. The summed E-state index contributed by atoms with van der Waals surface area (Å²) in [6.45, 7) is 25.1. The first-order chi connectivity index (χ1) is 23.9. The Morgan fingerprint density at radius 2 is 1.18 bits per heavy atom. The number of halogens is 1. The summed E-state index contributed by atoms with van der Waals surface area (Å²) in [5.41, 5.74) is 5.81. The second kappa shape index (κ2) is 23.0. The quantitative estimate of drug-likeness (QED) is 0.108. The minimum Gasteiger partial charge on any atom is -0.423 e. The monoisotopic (exact) mass is 778 g/mol. The van der Waals surface area contributed by atoms with E-state index in [1.165, 1.54) is 27.1 Å². The molecule has 2 aromatic carbocycles. The molecule has 4 aromatic rings. The minimum atomic E-state index is -1.34. The highest BCUT2D eigenvalue weighted by Crippen LogP contribution is 2.20. The summed E-state index contributed by atoms with van der Waals surface area (Å²) in [6, 6.07) is 23.6. The number of benzene rings is 2. The third-order valence-electron chi connectivity index (χ3n) is 7.31. The topological polar surface area (TPSA) is 66.2 Å². The third-order valence-corrected chi connectivity index (χ3v) is 11.9. The fourth-order valence-electron chi connectivity index (χ4n) is 5.05. The van der Waals surface area contributed by atoms with Crippen molar-refractivity contribution in [3.8, 4) is 47.3 Å². The summed E-state index contributed by atoms with van der Waals surface area (Å²) in [7, 11) is -3.92. The lowest BCUT2D eigenvalue weighted by atomic mass is 9.81. The maximum atomic E-state index is 8.58. The molecule has 0 bridgehead atoms. The van der Waals surface area contributed by atoms with Crippen molar-refractivity contribution in [3.63, 3.8) is 0 Å². The summed E-state index contributed by atoms with van der Waals surface area (Å²) >= 11 is 3.46. The van der Waals surface area contributed by atoms with Gasteiger partial charge in [0.2, 0.25) is 0 Å². The largest absolute Gasteiger partial charge is 0.488 e. The van der Waals surface area contributed by atoms with E-state index < -0.39 is 23.3 Å². The number of hydrogen-bond donors (Lipinski definition) is 2. The van der Waals surface area contributed by atoms with E-state index in [9.17, 15) is 0 Å². The Morgan fingerprint density at radius 3 is 1.59 bits per heavy atom. The average molecular weight is 780 g/mol. The molecule has 4 nitrogen and oxygen atoms in total. The third kappa shape index (κ3) is 18.4. The van der Waals surface area contributed by atoms with Gasteiger partial charge in [-0.15, -0.1) is 6.42 Å². The Kier molecular flexibility index (Phi) is 20.4. The predicted octanol–water partition coefficient (Wildman–Crippen LogP) is 8.09. The standard InChI is InChI=1S/C18H25NSi.C12H20BrNSi.C7H4.C6H7BO2/c1-14(2)11-16-12-17(15-9-7-6-8-10-15)19-13-18(16)20(3,4)5;1-9(2)6-10-7-12(13)14-8-11(10)15(3,4)5;1-3-5-7-6-4-2;8-7(9)6-4-2-1-3-5-6/h6-10,12-14H,11H2,1-5H3;7-9H,6H2,1-5H3;1H,2H3;1-5,8-9H.